The van der Waals surface area contributed by atoms with Crippen LogP contribution in [0.2, 0.25) is 0 Å². The predicted molar refractivity (Wildman–Crippen MR) is 44.6 cm³/mol. The summed E-state index contributed by atoms with van der Waals surface area (Å²) >= 11 is 0. The molecule has 1 rings (SSSR count). The van der Waals surface area contributed by atoms with Crippen molar-refractivity contribution in [2.45, 2.75) is 6.92 Å². The largest absolute Gasteiger partial charge is 0.399 e. The Kier molecular flexibility index (Phi) is 2.66. The smallest absolute Gasteiger partial charge is 0.106 e. The third-order valence-corrected chi connectivity index (χ3v) is 1.41. The molecular formula is C9H10NO. The van der Waals surface area contributed by atoms with E-state index in [4.69, 9.17) is 0 Å². The summed E-state index contributed by atoms with van der Waals surface area (Å²) in [6.07, 6.45) is 1.68. The summed E-state index contributed by atoms with van der Waals surface area (Å²) in [5.41, 5.74) is 2.21. The Labute approximate surface area is 66.5 Å². The van der Waals surface area contributed by atoms with Gasteiger partial charge in [0, 0.05) is 0 Å². The quantitative estimate of drug-likeness (QED) is 0.462. The standard InChI is InChI=1S/C9H10NO/c1-8-5-3-4-6-9(8)7-10-11-2/h4-7H,1-2H3. The second-order valence-electron chi connectivity index (χ2n) is 2.20. The van der Waals surface area contributed by atoms with E-state index in [2.05, 4.69) is 16.1 Å². The molecule has 1 aromatic rings. The van der Waals surface area contributed by atoms with Crippen LogP contribution in [0.1, 0.15) is 11.1 Å². The molecule has 0 spiro atoms. The molecule has 1 aromatic carbocycles. The molecule has 0 amide bonds. The van der Waals surface area contributed by atoms with Gasteiger partial charge in [-0.2, -0.15) is 0 Å². The molecule has 0 aliphatic carbocycles. The normalized spacial score (nSPS) is 10.4. The Balaban J connectivity index is 2.86. The monoisotopic (exact) mass is 148 g/mol. The fourth-order valence-corrected chi connectivity index (χ4v) is 0.780. The lowest BCUT2D eigenvalue weighted by molar-refractivity contribution is 0.215. The highest BCUT2D eigenvalue weighted by Crippen LogP contribution is 2.02. The Bertz CT molecular complexity index is 255. The lowest BCUT2D eigenvalue weighted by Crippen LogP contribution is -1.85. The molecule has 0 aliphatic rings. The van der Waals surface area contributed by atoms with Crippen LogP contribution in [-0.4, -0.2) is 13.3 Å². The molecule has 1 radical (unpaired) electrons. The SMILES string of the molecule is CON=Cc1cc[c]cc1C. The van der Waals surface area contributed by atoms with Gasteiger partial charge in [-0.25, -0.2) is 0 Å². The van der Waals surface area contributed by atoms with Crippen LogP contribution in [0.5, 0.6) is 0 Å². The highest BCUT2D eigenvalue weighted by atomic mass is 16.6. The number of hydrogen-bond acceptors (Lipinski definition) is 2. The zero-order valence-electron chi connectivity index (χ0n) is 6.66. The van der Waals surface area contributed by atoms with Crippen molar-refractivity contribution in [2.75, 3.05) is 7.11 Å². The van der Waals surface area contributed by atoms with Crippen LogP contribution in [0.4, 0.5) is 0 Å². The van der Waals surface area contributed by atoms with Crippen LogP contribution in [-0.2, 0) is 4.84 Å². The summed E-state index contributed by atoms with van der Waals surface area (Å²) < 4.78 is 0. The van der Waals surface area contributed by atoms with Crippen molar-refractivity contribution >= 4 is 6.21 Å². The van der Waals surface area contributed by atoms with Crippen LogP contribution < -0.4 is 0 Å². The highest BCUT2D eigenvalue weighted by Gasteiger charge is 1.90. The van der Waals surface area contributed by atoms with Crippen LogP contribution in [0.15, 0.2) is 23.4 Å². The number of nitrogens with zero attached hydrogens (tertiary/aromatic N) is 1. The third kappa shape index (κ3) is 2.08. The maximum atomic E-state index is 4.56. The first-order chi connectivity index (χ1) is 5.34. The second kappa shape index (κ2) is 3.76. The van der Waals surface area contributed by atoms with Crippen molar-refractivity contribution in [3.8, 4) is 0 Å². The van der Waals surface area contributed by atoms with Gasteiger partial charge in [0.05, 0.1) is 6.21 Å². The van der Waals surface area contributed by atoms with Gasteiger partial charge in [-0.1, -0.05) is 23.4 Å². The van der Waals surface area contributed by atoms with Crippen LogP contribution in [0.25, 0.3) is 0 Å². The maximum Gasteiger partial charge on any atom is 0.106 e. The van der Waals surface area contributed by atoms with Gasteiger partial charge in [0.1, 0.15) is 7.11 Å². The van der Waals surface area contributed by atoms with Gasteiger partial charge in [-0.3, -0.25) is 0 Å². The van der Waals surface area contributed by atoms with Crippen molar-refractivity contribution in [1.29, 1.82) is 0 Å². The van der Waals surface area contributed by atoms with E-state index in [1.807, 2.05) is 25.1 Å². The first-order valence-electron chi connectivity index (χ1n) is 3.38. The third-order valence-electron chi connectivity index (χ3n) is 1.41. The van der Waals surface area contributed by atoms with Crippen molar-refractivity contribution in [1.82, 2.24) is 0 Å². The molecule has 0 bridgehead atoms. The van der Waals surface area contributed by atoms with E-state index in [0.717, 1.165) is 11.1 Å². The zero-order chi connectivity index (χ0) is 8.10. The van der Waals surface area contributed by atoms with Crippen LogP contribution in [0, 0.1) is 13.0 Å². The lowest BCUT2D eigenvalue weighted by Gasteiger charge is -1.95. The van der Waals surface area contributed by atoms with E-state index in [1.54, 1.807) is 6.21 Å². The van der Waals surface area contributed by atoms with Gasteiger partial charge in [0.25, 0.3) is 0 Å². The summed E-state index contributed by atoms with van der Waals surface area (Å²) in [7, 11) is 1.53. The molecule has 0 saturated carbocycles. The van der Waals surface area contributed by atoms with Gasteiger partial charge in [0.2, 0.25) is 0 Å². The Morgan fingerprint density at radius 1 is 1.64 bits per heavy atom. The van der Waals surface area contributed by atoms with Gasteiger partial charge in [0.15, 0.2) is 0 Å². The van der Waals surface area contributed by atoms with E-state index in [1.165, 1.54) is 7.11 Å². The molecule has 0 aromatic heterocycles. The maximum absolute atomic E-state index is 4.56. The van der Waals surface area contributed by atoms with E-state index in [0.29, 0.717) is 0 Å². The van der Waals surface area contributed by atoms with E-state index in [9.17, 15) is 0 Å². The molecule has 0 heterocycles. The molecule has 2 nitrogen and oxygen atoms in total. The van der Waals surface area contributed by atoms with Gasteiger partial charge >= 0.3 is 0 Å². The molecule has 2 heteroatoms. The van der Waals surface area contributed by atoms with E-state index < -0.39 is 0 Å². The Hall–Kier alpha value is -1.31. The minimum Gasteiger partial charge on any atom is -0.399 e. The minimum absolute atomic E-state index is 1.06. The Morgan fingerprint density at radius 3 is 3.09 bits per heavy atom. The number of hydrogen-bond donors (Lipinski definition) is 0. The number of oxime groups is 1. The van der Waals surface area contributed by atoms with Crippen molar-refractivity contribution in [3.05, 3.63) is 35.4 Å². The number of benzene rings is 1. The lowest BCUT2D eigenvalue weighted by atomic mass is 10.1. The highest BCUT2D eigenvalue weighted by molar-refractivity contribution is 5.80. The zero-order valence-corrected chi connectivity index (χ0v) is 6.66. The van der Waals surface area contributed by atoms with Crippen molar-refractivity contribution < 1.29 is 4.84 Å². The number of rotatable bonds is 2. The van der Waals surface area contributed by atoms with Gasteiger partial charge in [-0.05, 0) is 24.1 Å². The first kappa shape index (κ1) is 7.79. The topological polar surface area (TPSA) is 21.6 Å². The molecule has 0 aliphatic heterocycles. The van der Waals surface area contributed by atoms with Crippen molar-refractivity contribution in [3.63, 3.8) is 0 Å². The average Bonchev–Trinajstić information content (AvgIpc) is 2.03. The molecule has 0 unspecified atom stereocenters. The summed E-state index contributed by atoms with van der Waals surface area (Å²) in [5.74, 6) is 0. The predicted octanol–water partition coefficient (Wildman–Crippen LogP) is 1.78. The molecule has 11 heavy (non-hydrogen) atoms. The van der Waals surface area contributed by atoms with E-state index in [-0.39, 0.29) is 0 Å². The van der Waals surface area contributed by atoms with Gasteiger partial charge < -0.3 is 4.84 Å². The molecular weight excluding hydrogens is 138 g/mol. The van der Waals surface area contributed by atoms with Crippen LogP contribution >= 0.6 is 0 Å². The molecule has 0 N–H and O–H groups in total. The Morgan fingerprint density at radius 2 is 2.45 bits per heavy atom. The summed E-state index contributed by atoms with van der Waals surface area (Å²) in [6.45, 7) is 2.01. The molecule has 0 saturated heterocycles. The van der Waals surface area contributed by atoms with Crippen molar-refractivity contribution in [2.24, 2.45) is 5.16 Å². The summed E-state index contributed by atoms with van der Waals surface area (Å²) in [6, 6.07) is 8.68. The molecule has 0 atom stereocenters. The summed E-state index contributed by atoms with van der Waals surface area (Å²) in [4.78, 5) is 4.56. The number of aryl methyl sites for hydroxylation is 1. The molecule has 0 fully saturated rings. The fraction of sp³-hybridized carbons (Fsp3) is 0.222. The summed E-state index contributed by atoms with van der Waals surface area (Å²) in [5, 5.41) is 3.66. The molecule has 57 valence electrons. The average molecular weight is 148 g/mol. The first-order valence-corrected chi connectivity index (χ1v) is 3.38. The second-order valence-corrected chi connectivity index (χ2v) is 2.20. The minimum atomic E-state index is 1.06. The fourth-order valence-electron chi connectivity index (χ4n) is 0.780. The van der Waals surface area contributed by atoms with Crippen LogP contribution in [0.3, 0.4) is 0 Å². The van der Waals surface area contributed by atoms with E-state index >= 15 is 0 Å². The van der Waals surface area contributed by atoms with Gasteiger partial charge in [-0.15, -0.1) is 0 Å².